The number of hydrogen-bond acceptors (Lipinski definition) is 4. The smallest absolute Gasteiger partial charge is 0.235 e. The van der Waals surface area contributed by atoms with Gasteiger partial charge in [0.1, 0.15) is 5.41 Å². The summed E-state index contributed by atoms with van der Waals surface area (Å²) in [6, 6.07) is 9.64. The third-order valence-corrected chi connectivity index (χ3v) is 7.96. The summed E-state index contributed by atoms with van der Waals surface area (Å²) >= 11 is 0. The number of aliphatic hydroxyl groups is 2. The van der Waals surface area contributed by atoms with E-state index in [0.717, 1.165) is 5.56 Å². The van der Waals surface area contributed by atoms with Crippen LogP contribution in [0.25, 0.3) is 0 Å². The van der Waals surface area contributed by atoms with Crippen molar-refractivity contribution in [3.8, 4) is 0 Å². The van der Waals surface area contributed by atoms with Crippen LogP contribution in [-0.2, 0) is 16.0 Å². The molecule has 2 fully saturated rings. The standard InChI is InChI=1S/C28H35NO4/c1-17-9-8-12-21-25(31)19(3)18(2)24-22(15-20-10-6-5-7-11-20)29-26(32)28(21,24)23(30)13-14-27(4,33)16-17/h5-8,10-14,17-18,21-22,24-25,31,33H,3,9,15-16H2,1-2,4H3,(H,29,32)/b12-8+,14-13+/t17-,18+,21-,22-,24-,25+,27+,28+/m0/s1. The minimum atomic E-state index is -1.45. The van der Waals surface area contributed by atoms with Gasteiger partial charge in [-0.2, -0.15) is 0 Å². The second-order valence-electron chi connectivity index (χ2n) is 10.5. The molecule has 1 heterocycles. The van der Waals surface area contributed by atoms with E-state index in [4.69, 9.17) is 0 Å². The summed E-state index contributed by atoms with van der Waals surface area (Å²) < 4.78 is 0. The summed E-state index contributed by atoms with van der Waals surface area (Å²) in [5.74, 6) is -1.84. The van der Waals surface area contributed by atoms with E-state index in [1.807, 2.05) is 56.3 Å². The van der Waals surface area contributed by atoms with Gasteiger partial charge in [0.05, 0.1) is 11.7 Å². The normalized spacial score (nSPS) is 43.1. The number of hydrogen-bond donors (Lipinski definition) is 3. The van der Waals surface area contributed by atoms with E-state index < -0.39 is 23.0 Å². The largest absolute Gasteiger partial charge is 0.388 e. The minimum Gasteiger partial charge on any atom is -0.388 e. The van der Waals surface area contributed by atoms with Crippen molar-refractivity contribution in [1.29, 1.82) is 0 Å². The molecule has 33 heavy (non-hydrogen) atoms. The fraction of sp³-hybridized carbons (Fsp3) is 0.500. The van der Waals surface area contributed by atoms with E-state index in [1.165, 1.54) is 12.2 Å². The molecular weight excluding hydrogens is 414 g/mol. The Hall–Kier alpha value is -2.50. The van der Waals surface area contributed by atoms with Crippen molar-refractivity contribution in [3.05, 3.63) is 72.4 Å². The van der Waals surface area contributed by atoms with Gasteiger partial charge in [0, 0.05) is 17.9 Å². The van der Waals surface area contributed by atoms with Crippen LogP contribution in [0.1, 0.15) is 39.2 Å². The van der Waals surface area contributed by atoms with Gasteiger partial charge in [0.2, 0.25) is 5.91 Å². The van der Waals surface area contributed by atoms with Crippen molar-refractivity contribution < 1.29 is 19.8 Å². The molecule has 1 aliphatic heterocycles. The van der Waals surface area contributed by atoms with E-state index in [1.54, 1.807) is 6.92 Å². The molecule has 1 saturated carbocycles. The highest BCUT2D eigenvalue weighted by Crippen LogP contribution is 2.56. The van der Waals surface area contributed by atoms with E-state index in [9.17, 15) is 19.8 Å². The molecule has 1 spiro atoms. The zero-order chi connectivity index (χ0) is 24.0. The van der Waals surface area contributed by atoms with Gasteiger partial charge in [0.15, 0.2) is 5.78 Å². The number of carbonyl (C=O) groups is 2. The van der Waals surface area contributed by atoms with E-state index in [0.29, 0.717) is 24.8 Å². The van der Waals surface area contributed by atoms with Gasteiger partial charge in [-0.15, -0.1) is 0 Å². The van der Waals surface area contributed by atoms with Gasteiger partial charge in [-0.1, -0.05) is 62.9 Å². The van der Waals surface area contributed by atoms with Crippen LogP contribution in [0.2, 0.25) is 0 Å². The summed E-state index contributed by atoms with van der Waals surface area (Å²) in [4.78, 5) is 27.7. The molecular formula is C28H35NO4. The molecule has 0 aromatic heterocycles. The van der Waals surface area contributed by atoms with Crippen LogP contribution in [-0.4, -0.2) is 39.7 Å². The molecule has 2 aliphatic carbocycles. The average molecular weight is 450 g/mol. The van der Waals surface area contributed by atoms with Gasteiger partial charge in [-0.05, 0) is 61.3 Å². The predicted octanol–water partition coefficient (Wildman–Crippen LogP) is 3.38. The molecule has 0 radical (unpaired) electrons. The molecule has 1 aromatic rings. The Morgan fingerprint density at radius 2 is 1.88 bits per heavy atom. The van der Waals surface area contributed by atoms with Crippen molar-refractivity contribution in [3.63, 3.8) is 0 Å². The second kappa shape index (κ2) is 8.69. The van der Waals surface area contributed by atoms with Gasteiger partial charge >= 0.3 is 0 Å². The third-order valence-electron chi connectivity index (χ3n) is 7.96. The molecule has 5 nitrogen and oxygen atoms in total. The van der Waals surface area contributed by atoms with Gasteiger partial charge in [0.25, 0.3) is 0 Å². The first-order chi connectivity index (χ1) is 15.6. The van der Waals surface area contributed by atoms with Gasteiger partial charge in [-0.3, -0.25) is 9.59 Å². The summed E-state index contributed by atoms with van der Waals surface area (Å²) in [6.07, 6.45) is 7.48. The van der Waals surface area contributed by atoms with Gasteiger partial charge < -0.3 is 15.5 Å². The molecule has 1 amide bonds. The Labute approximate surface area is 196 Å². The first-order valence-electron chi connectivity index (χ1n) is 11.9. The Kier molecular flexibility index (Phi) is 6.23. The molecule has 0 unspecified atom stereocenters. The number of rotatable bonds is 2. The Morgan fingerprint density at radius 1 is 1.18 bits per heavy atom. The number of ketones is 1. The molecule has 4 rings (SSSR count). The maximum atomic E-state index is 13.9. The number of benzene rings is 1. The quantitative estimate of drug-likeness (QED) is 0.477. The lowest BCUT2D eigenvalue weighted by atomic mass is 9.52. The van der Waals surface area contributed by atoms with Crippen molar-refractivity contribution in [2.45, 2.75) is 57.8 Å². The Morgan fingerprint density at radius 3 is 2.58 bits per heavy atom. The van der Waals surface area contributed by atoms with Gasteiger partial charge in [-0.25, -0.2) is 0 Å². The van der Waals surface area contributed by atoms with Crippen LogP contribution in [0, 0.1) is 29.1 Å². The van der Waals surface area contributed by atoms with Crippen molar-refractivity contribution in [2.24, 2.45) is 29.1 Å². The Bertz CT molecular complexity index is 994. The maximum Gasteiger partial charge on any atom is 0.235 e. The molecule has 5 heteroatoms. The summed E-state index contributed by atoms with van der Waals surface area (Å²) in [7, 11) is 0. The van der Waals surface area contributed by atoms with Crippen LogP contribution in [0.3, 0.4) is 0 Å². The number of nitrogens with one attached hydrogen (secondary N) is 1. The fourth-order valence-electron chi connectivity index (χ4n) is 6.39. The highest BCUT2D eigenvalue weighted by Gasteiger charge is 2.68. The first-order valence-corrected chi connectivity index (χ1v) is 11.9. The number of carbonyl (C=O) groups excluding carboxylic acids is 2. The van der Waals surface area contributed by atoms with Crippen LogP contribution < -0.4 is 5.32 Å². The zero-order valence-corrected chi connectivity index (χ0v) is 19.7. The van der Waals surface area contributed by atoms with Crippen LogP contribution in [0.15, 0.2) is 66.8 Å². The zero-order valence-electron chi connectivity index (χ0n) is 19.7. The summed E-state index contributed by atoms with van der Waals surface area (Å²) in [6.45, 7) is 9.86. The molecule has 1 aromatic carbocycles. The lowest BCUT2D eigenvalue weighted by Gasteiger charge is -2.48. The first kappa shape index (κ1) is 23.7. The molecule has 1 saturated heterocycles. The van der Waals surface area contributed by atoms with Crippen molar-refractivity contribution in [1.82, 2.24) is 5.32 Å². The maximum absolute atomic E-state index is 13.9. The lowest BCUT2D eigenvalue weighted by Crippen LogP contribution is -2.58. The molecule has 3 aliphatic rings. The van der Waals surface area contributed by atoms with Crippen LogP contribution >= 0.6 is 0 Å². The fourth-order valence-corrected chi connectivity index (χ4v) is 6.39. The number of aliphatic hydroxyl groups excluding tert-OH is 1. The Balaban J connectivity index is 1.86. The summed E-state index contributed by atoms with van der Waals surface area (Å²) in [5.41, 5.74) is -0.870. The molecule has 0 bridgehead atoms. The summed E-state index contributed by atoms with van der Waals surface area (Å²) in [5, 5.41) is 25.2. The molecule has 8 atom stereocenters. The monoisotopic (exact) mass is 449 g/mol. The number of allylic oxidation sites excluding steroid dienone is 2. The molecule has 176 valence electrons. The predicted molar refractivity (Wildman–Crippen MR) is 128 cm³/mol. The average Bonchev–Trinajstić information content (AvgIpc) is 3.04. The second-order valence-corrected chi connectivity index (χ2v) is 10.5. The van der Waals surface area contributed by atoms with E-state index >= 15 is 0 Å². The third kappa shape index (κ3) is 4.02. The molecule has 3 N–H and O–H groups in total. The SMILES string of the molecule is C=C1[C@@H](C)[C@H]2[C@H](Cc3ccccc3)NC(=O)[C@]23C(=O)/C=C/[C@@](C)(O)C[C@@H](C)C/C=C/[C@H]3[C@@H]1O. The van der Waals surface area contributed by atoms with E-state index in [2.05, 4.69) is 11.9 Å². The highest BCUT2D eigenvalue weighted by molar-refractivity contribution is 6.13. The van der Waals surface area contributed by atoms with Crippen LogP contribution in [0.5, 0.6) is 0 Å². The highest BCUT2D eigenvalue weighted by atomic mass is 16.3. The lowest BCUT2D eigenvalue weighted by molar-refractivity contribution is -0.148. The topological polar surface area (TPSA) is 86.6 Å². The van der Waals surface area contributed by atoms with E-state index in [-0.39, 0.29) is 35.5 Å². The minimum absolute atomic E-state index is 0.173. The van der Waals surface area contributed by atoms with Crippen LogP contribution in [0.4, 0.5) is 0 Å². The number of amides is 1. The van der Waals surface area contributed by atoms with Crippen molar-refractivity contribution in [2.75, 3.05) is 0 Å². The van der Waals surface area contributed by atoms with Crippen molar-refractivity contribution >= 4 is 11.7 Å².